The van der Waals surface area contributed by atoms with Gasteiger partial charge in [-0.1, -0.05) is 32.9 Å². The first kappa shape index (κ1) is 26.7. The highest BCUT2D eigenvalue weighted by molar-refractivity contribution is 6.46. The van der Waals surface area contributed by atoms with Crippen LogP contribution in [0.5, 0.6) is 11.5 Å². The molecule has 7 nitrogen and oxygen atoms in total. The minimum absolute atomic E-state index is 0.0645. The summed E-state index contributed by atoms with van der Waals surface area (Å²) in [5.41, 5.74) is 2.36. The molecule has 0 bridgehead atoms. The van der Waals surface area contributed by atoms with E-state index < -0.39 is 17.7 Å². The molecular formula is C30H38N2O5. The molecule has 0 radical (unpaired) electrons. The minimum Gasteiger partial charge on any atom is -0.507 e. The molecule has 2 aliphatic heterocycles. The van der Waals surface area contributed by atoms with E-state index in [9.17, 15) is 14.7 Å². The van der Waals surface area contributed by atoms with E-state index in [1.807, 2.05) is 50.2 Å². The third-order valence-corrected chi connectivity index (χ3v) is 7.12. The normalized spacial score (nSPS) is 20.4. The Morgan fingerprint density at radius 2 is 1.92 bits per heavy atom. The number of fused-ring (bicyclic) bond motifs is 1. The topological polar surface area (TPSA) is 79.3 Å². The van der Waals surface area contributed by atoms with Crippen molar-refractivity contribution in [3.63, 3.8) is 0 Å². The van der Waals surface area contributed by atoms with Crippen LogP contribution >= 0.6 is 0 Å². The van der Waals surface area contributed by atoms with Crippen LogP contribution in [0.3, 0.4) is 0 Å². The Labute approximate surface area is 219 Å². The molecule has 4 rings (SSSR count). The van der Waals surface area contributed by atoms with Crippen LogP contribution in [-0.2, 0) is 16.0 Å². The number of aliphatic hydroxyl groups is 1. The summed E-state index contributed by atoms with van der Waals surface area (Å²) < 4.78 is 11.6. The molecule has 2 aromatic carbocycles. The number of benzene rings is 2. The van der Waals surface area contributed by atoms with Gasteiger partial charge in [0.25, 0.3) is 11.7 Å². The number of carbonyl (C=O) groups excluding carboxylic acids is 2. The summed E-state index contributed by atoms with van der Waals surface area (Å²) >= 11 is 0. The Balaban J connectivity index is 1.74. The summed E-state index contributed by atoms with van der Waals surface area (Å²) in [6, 6.07) is 12.2. The lowest BCUT2D eigenvalue weighted by molar-refractivity contribution is -0.140. The van der Waals surface area contributed by atoms with Gasteiger partial charge in [-0.05, 0) is 80.9 Å². The van der Waals surface area contributed by atoms with Crippen molar-refractivity contribution in [3.8, 4) is 11.5 Å². The number of aliphatic hydroxyl groups excluding tert-OH is 1. The van der Waals surface area contributed by atoms with E-state index in [2.05, 4.69) is 18.7 Å². The fourth-order valence-corrected chi connectivity index (χ4v) is 5.18. The summed E-state index contributed by atoms with van der Waals surface area (Å²) in [5, 5.41) is 11.5. The van der Waals surface area contributed by atoms with Gasteiger partial charge in [0.1, 0.15) is 23.4 Å². The van der Waals surface area contributed by atoms with Gasteiger partial charge in [-0.2, -0.15) is 0 Å². The van der Waals surface area contributed by atoms with E-state index in [4.69, 9.17) is 9.47 Å². The molecule has 1 saturated heterocycles. The Morgan fingerprint density at radius 3 is 2.65 bits per heavy atom. The predicted molar refractivity (Wildman–Crippen MR) is 144 cm³/mol. The van der Waals surface area contributed by atoms with Crippen LogP contribution < -0.4 is 9.47 Å². The first-order valence-electron chi connectivity index (χ1n) is 13.4. The highest BCUT2D eigenvalue weighted by Crippen LogP contribution is 2.41. The second-order valence-electron chi connectivity index (χ2n) is 9.75. The molecule has 2 unspecified atom stereocenters. The number of ether oxygens (including phenoxy) is 2. The van der Waals surface area contributed by atoms with Gasteiger partial charge in [0, 0.05) is 18.5 Å². The first-order chi connectivity index (χ1) is 17.9. The molecule has 7 heteroatoms. The van der Waals surface area contributed by atoms with E-state index in [-0.39, 0.29) is 17.4 Å². The molecule has 1 amide bonds. The predicted octanol–water partition coefficient (Wildman–Crippen LogP) is 4.95. The number of likely N-dealkylation sites (tertiary alicyclic amines) is 1. The lowest BCUT2D eigenvalue weighted by atomic mass is 9.94. The highest BCUT2D eigenvalue weighted by atomic mass is 16.5. The number of hydrogen-bond donors (Lipinski definition) is 1. The summed E-state index contributed by atoms with van der Waals surface area (Å²) in [5.74, 6) is 0.0752. The number of ketones is 1. The van der Waals surface area contributed by atoms with Crippen LogP contribution in [0.2, 0.25) is 0 Å². The van der Waals surface area contributed by atoms with Crippen LogP contribution in [0, 0.1) is 0 Å². The van der Waals surface area contributed by atoms with Crippen LogP contribution in [0.25, 0.3) is 5.76 Å². The molecule has 2 atom stereocenters. The summed E-state index contributed by atoms with van der Waals surface area (Å²) in [6.45, 7) is 11.9. The van der Waals surface area contributed by atoms with Crippen molar-refractivity contribution in [3.05, 3.63) is 64.7 Å². The van der Waals surface area contributed by atoms with E-state index >= 15 is 0 Å². The van der Waals surface area contributed by atoms with Crippen molar-refractivity contribution in [2.45, 2.75) is 59.1 Å². The number of amides is 1. The van der Waals surface area contributed by atoms with E-state index in [1.165, 1.54) is 0 Å². The Bertz CT molecular complexity index is 1170. The van der Waals surface area contributed by atoms with Crippen molar-refractivity contribution < 1.29 is 24.2 Å². The second kappa shape index (κ2) is 11.8. The number of nitrogens with zero attached hydrogens (tertiary/aromatic N) is 2. The first-order valence-corrected chi connectivity index (χ1v) is 13.4. The van der Waals surface area contributed by atoms with Crippen LogP contribution in [0.4, 0.5) is 0 Å². The van der Waals surface area contributed by atoms with Crippen LogP contribution in [0.1, 0.15) is 63.3 Å². The molecule has 37 heavy (non-hydrogen) atoms. The van der Waals surface area contributed by atoms with Crippen molar-refractivity contribution in [1.29, 1.82) is 0 Å². The van der Waals surface area contributed by atoms with Gasteiger partial charge in [0.15, 0.2) is 0 Å². The van der Waals surface area contributed by atoms with Crippen molar-refractivity contribution in [2.75, 3.05) is 32.8 Å². The molecule has 1 N–H and O–H groups in total. The molecule has 2 aromatic rings. The molecule has 0 aliphatic carbocycles. The zero-order valence-corrected chi connectivity index (χ0v) is 22.3. The van der Waals surface area contributed by atoms with Gasteiger partial charge < -0.3 is 24.4 Å². The lowest BCUT2D eigenvalue weighted by Crippen LogP contribution is -2.33. The smallest absolute Gasteiger partial charge is 0.295 e. The van der Waals surface area contributed by atoms with E-state index in [0.29, 0.717) is 24.5 Å². The Morgan fingerprint density at radius 1 is 1.14 bits per heavy atom. The maximum absolute atomic E-state index is 13.4. The Kier molecular flexibility index (Phi) is 8.54. The molecule has 0 saturated carbocycles. The SMILES string of the molecule is CCCOc1cccc(C2/C(=C(\O)c3ccc4c(c3)CC(C)O4)C(=O)C(=O)N2CCCN(CC)CC)c1. The zero-order valence-electron chi connectivity index (χ0n) is 22.3. The van der Waals surface area contributed by atoms with Crippen molar-refractivity contribution in [2.24, 2.45) is 0 Å². The fourth-order valence-electron chi connectivity index (χ4n) is 5.18. The third kappa shape index (κ3) is 5.67. The molecule has 2 aliphatic rings. The van der Waals surface area contributed by atoms with Gasteiger partial charge in [0.2, 0.25) is 0 Å². The molecule has 2 heterocycles. The fraction of sp³-hybridized carbons (Fsp3) is 0.467. The quantitative estimate of drug-likeness (QED) is 0.264. The summed E-state index contributed by atoms with van der Waals surface area (Å²) in [7, 11) is 0. The van der Waals surface area contributed by atoms with Crippen LogP contribution in [-0.4, -0.2) is 65.5 Å². The number of hydrogen-bond acceptors (Lipinski definition) is 6. The van der Waals surface area contributed by atoms with Gasteiger partial charge in [-0.3, -0.25) is 9.59 Å². The van der Waals surface area contributed by atoms with Gasteiger partial charge in [-0.25, -0.2) is 0 Å². The number of Topliss-reactive ketones (excluding diaryl/α,β-unsaturated/α-hetero) is 1. The number of carbonyl (C=O) groups is 2. The standard InChI is InChI=1S/C30H38N2O5/c1-5-16-36-24-11-8-10-21(19-24)27-26(28(33)22-12-13-25-23(18-22)17-20(4)37-25)29(34)30(35)32(27)15-9-14-31(6-2)7-3/h8,10-13,18-20,27,33H,5-7,9,14-17H2,1-4H3/b28-26+. The monoisotopic (exact) mass is 506 g/mol. The minimum atomic E-state index is -0.690. The second-order valence-corrected chi connectivity index (χ2v) is 9.75. The van der Waals surface area contributed by atoms with Crippen LogP contribution in [0.15, 0.2) is 48.0 Å². The molecule has 1 fully saturated rings. The molecular weight excluding hydrogens is 468 g/mol. The number of rotatable bonds is 11. The largest absolute Gasteiger partial charge is 0.507 e. The highest BCUT2D eigenvalue weighted by Gasteiger charge is 2.46. The van der Waals surface area contributed by atoms with Gasteiger partial charge >= 0.3 is 0 Å². The maximum atomic E-state index is 13.4. The van der Waals surface area contributed by atoms with Gasteiger partial charge in [-0.15, -0.1) is 0 Å². The van der Waals surface area contributed by atoms with Gasteiger partial charge in [0.05, 0.1) is 18.2 Å². The van der Waals surface area contributed by atoms with E-state index in [0.717, 1.165) is 55.8 Å². The summed E-state index contributed by atoms with van der Waals surface area (Å²) in [4.78, 5) is 30.6. The van der Waals surface area contributed by atoms with Crippen molar-refractivity contribution >= 4 is 17.4 Å². The zero-order chi connectivity index (χ0) is 26.5. The van der Waals surface area contributed by atoms with E-state index in [1.54, 1.807) is 11.0 Å². The lowest BCUT2D eigenvalue weighted by Gasteiger charge is -2.27. The maximum Gasteiger partial charge on any atom is 0.295 e. The molecule has 0 aromatic heterocycles. The third-order valence-electron chi connectivity index (χ3n) is 7.12. The average Bonchev–Trinajstić information content (AvgIpc) is 3.40. The molecule has 0 spiro atoms. The Hall–Kier alpha value is -3.32. The average molecular weight is 507 g/mol. The van der Waals surface area contributed by atoms with Crippen molar-refractivity contribution in [1.82, 2.24) is 9.80 Å². The molecule has 198 valence electrons. The summed E-state index contributed by atoms with van der Waals surface area (Å²) in [6.07, 6.45) is 2.39.